The molecule has 0 aliphatic carbocycles. The van der Waals surface area contributed by atoms with Crippen LogP contribution in [0.2, 0.25) is 5.02 Å². The van der Waals surface area contributed by atoms with Crippen molar-refractivity contribution in [2.45, 2.75) is 12.5 Å². The zero-order valence-electron chi connectivity index (χ0n) is 14.1. The molecule has 2 amide bonds. The van der Waals surface area contributed by atoms with Crippen molar-refractivity contribution < 1.29 is 14.7 Å². The van der Waals surface area contributed by atoms with Gasteiger partial charge in [-0.25, -0.2) is 4.79 Å². The van der Waals surface area contributed by atoms with Crippen LogP contribution >= 0.6 is 11.6 Å². The Bertz CT molecular complexity index is 723. The van der Waals surface area contributed by atoms with E-state index in [9.17, 15) is 4.79 Å². The van der Waals surface area contributed by atoms with Crippen LogP contribution < -0.4 is 16.4 Å². The van der Waals surface area contributed by atoms with Crippen LogP contribution in [0.5, 0.6) is 0 Å². The first kappa shape index (κ1) is 19.6. The van der Waals surface area contributed by atoms with E-state index >= 15 is 0 Å². The van der Waals surface area contributed by atoms with Crippen molar-refractivity contribution in [3.8, 4) is 0 Å². The normalized spacial score (nSPS) is 12.3. The van der Waals surface area contributed by atoms with E-state index in [1.807, 2.05) is 30.3 Å². The van der Waals surface area contributed by atoms with Gasteiger partial charge >= 0.3 is 6.03 Å². The third kappa shape index (κ3) is 6.62. The lowest BCUT2D eigenvalue weighted by atomic mass is 10.1. The number of benzene rings is 2. The van der Waals surface area contributed by atoms with Crippen molar-refractivity contribution in [3.05, 3.63) is 65.2 Å². The number of oxime groups is 1. The summed E-state index contributed by atoms with van der Waals surface area (Å²) < 4.78 is 0. The fourth-order valence-corrected chi connectivity index (χ4v) is 2.29. The van der Waals surface area contributed by atoms with Gasteiger partial charge in [0.15, 0.2) is 5.84 Å². The molecular weight excluding hydrogens is 356 g/mol. The van der Waals surface area contributed by atoms with Gasteiger partial charge in [-0.2, -0.15) is 0 Å². The van der Waals surface area contributed by atoms with Crippen LogP contribution in [0.4, 0.5) is 10.5 Å². The first-order chi connectivity index (χ1) is 12.6. The van der Waals surface area contributed by atoms with Gasteiger partial charge < -0.3 is 26.3 Å². The molecule has 0 bridgehead atoms. The van der Waals surface area contributed by atoms with Crippen LogP contribution in [0, 0.1) is 0 Å². The van der Waals surface area contributed by atoms with Gasteiger partial charge in [-0.05, 0) is 29.8 Å². The number of aliphatic hydroxyl groups excluding tert-OH is 1. The largest absolute Gasteiger partial charge is 0.393 e. The van der Waals surface area contributed by atoms with E-state index in [-0.39, 0.29) is 19.0 Å². The van der Waals surface area contributed by atoms with Gasteiger partial charge in [-0.15, -0.1) is 0 Å². The second-order valence-corrected chi connectivity index (χ2v) is 5.86. The fourth-order valence-electron chi connectivity index (χ4n) is 2.16. The number of nitrogens with two attached hydrogens (primary N) is 1. The van der Waals surface area contributed by atoms with Crippen LogP contribution in [-0.4, -0.2) is 36.2 Å². The van der Waals surface area contributed by atoms with E-state index in [2.05, 4.69) is 15.8 Å². The monoisotopic (exact) mass is 376 g/mol. The van der Waals surface area contributed by atoms with Gasteiger partial charge in [0.25, 0.3) is 0 Å². The Morgan fingerprint density at radius 3 is 2.54 bits per heavy atom. The molecule has 0 aromatic heterocycles. The molecule has 0 saturated carbocycles. The zero-order valence-corrected chi connectivity index (χ0v) is 14.8. The third-order valence-corrected chi connectivity index (χ3v) is 3.65. The van der Waals surface area contributed by atoms with Gasteiger partial charge in [0.2, 0.25) is 0 Å². The standard InChI is InChI=1S/C18H21ClN4O3/c19-14-6-8-15(9-7-14)21-18(25)22-16(17(20)23-26-11-10-24)12-13-4-2-1-3-5-13/h1-9,16,24H,10-12H2,(H2,20,23)(H2,21,22,25). The summed E-state index contributed by atoms with van der Waals surface area (Å²) in [7, 11) is 0. The predicted octanol–water partition coefficient (Wildman–Crippen LogP) is 2.35. The molecule has 5 N–H and O–H groups in total. The number of carbonyl (C=O) groups excluding carboxylic acids is 1. The molecule has 0 aliphatic heterocycles. The Labute approximate surface area is 156 Å². The number of amidine groups is 1. The minimum absolute atomic E-state index is 0.0235. The van der Waals surface area contributed by atoms with Crippen molar-refractivity contribution >= 4 is 29.2 Å². The summed E-state index contributed by atoms with van der Waals surface area (Å²) in [5.74, 6) is 0.105. The molecular formula is C18H21ClN4O3. The molecule has 0 heterocycles. The number of urea groups is 1. The second kappa shape index (κ2) is 10.3. The Hall–Kier alpha value is -2.77. The summed E-state index contributed by atoms with van der Waals surface area (Å²) in [4.78, 5) is 17.2. The van der Waals surface area contributed by atoms with E-state index < -0.39 is 12.1 Å². The van der Waals surface area contributed by atoms with E-state index in [4.69, 9.17) is 27.3 Å². The Balaban J connectivity index is 2.05. The number of halogens is 1. The summed E-state index contributed by atoms with van der Waals surface area (Å²) in [6, 6.07) is 15.3. The number of hydrogen-bond donors (Lipinski definition) is 4. The van der Waals surface area contributed by atoms with Crippen molar-refractivity contribution in [2.24, 2.45) is 10.9 Å². The molecule has 0 fully saturated rings. The summed E-state index contributed by atoms with van der Waals surface area (Å²) >= 11 is 5.83. The Morgan fingerprint density at radius 2 is 1.88 bits per heavy atom. The van der Waals surface area contributed by atoms with Crippen molar-refractivity contribution in [1.82, 2.24) is 5.32 Å². The highest BCUT2D eigenvalue weighted by Crippen LogP contribution is 2.13. The van der Waals surface area contributed by atoms with Gasteiger partial charge in [-0.3, -0.25) is 0 Å². The third-order valence-electron chi connectivity index (χ3n) is 3.40. The SMILES string of the molecule is NC(=NOCCO)C(Cc1ccccc1)NC(=O)Nc1ccc(Cl)cc1. The molecule has 7 nitrogen and oxygen atoms in total. The van der Waals surface area contributed by atoms with E-state index in [1.54, 1.807) is 24.3 Å². The number of nitrogens with zero attached hydrogens (tertiary/aromatic N) is 1. The highest BCUT2D eigenvalue weighted by molar-refractivity contribution is 6.30. The molecule has 1 unspecified atom stereocenters. The molecule has 0 aliphatic rings. The Kier molecular flexibility index (Phi) is 7.73. The number of aliphatic hydroxyl groups is 1. The molecule has 1 atom stereocenters. The minimum Gasteiger partial charge on any atom is -0.393 e. The smallest absolute Gasteiger partial charge is 0.319 e. The van der Waals surface area contributed by atoms with E-state index in [0.717, 1.165) is 5.56 Å². The first-order valence-corrected chi connectivity index (χ1v) is 8.39. The maximum Gasteiger partial charge on any atom is 0.319 e. The molecule has 0 radical (unpaired) electrons. The molecule has 0 spiro atoms. The quantitative estimate of drug-likeness (QED) is 0.245. The van der Waals surface area contributed by atoms with Crippen LogP contribution in [0.3, 0.4) is 0 Å². The number of carbonyl (C=O) groups is 1. The molecule has 26 heavy (non-hydrogen) atoms. The van der Waals surface area contributed by atoms with Crippen molar-refractivity contribution in [1.29, 1.82) is 0 Å². The van der Waals surface area contributed by atoms with Crippen molar-refractivity contribution in [2.75, 3.05) is 18.5 Å². The lowest BCUT2D eigenvalue weighted by molar-refractivity contribution is 0.0975. The van der Waals surface area contributed by atoms with E-state index in [1.165, 1.54) is 0 Å². The van der Waals surface area contributed by atoms with Gasteiger partial charge in [0, 0.05) is 17.1 Å². The number of anilines is 1. The molecule has 0 saturated heterocycles. The summed E-state index contributed by atoms with van der Waals surface area (Å²) in [6.07, 6.45) is 0.437. The lowest BCUT2D eigenvalue weighted by Crippen LogP contribution is -2.47. The van der Waals surface area contributed by atoms with Crippen LogP contribution in [0.25, 0.3) is 0 Å². The van der Waals surface area contributed by atoms with E-state index in [0.29, 0.717) is 17.1 Å². The molecule has 8 heteroatoms. The maximum atomic E-state index is 12.3. The lowest BCUT2D eigenvalue weighted by Gasteiger charge is -2.18. The second-order valence-electron chi connectivity index (χ2n) is 5.42. The number of rotatable bonds is 8. The highest BCUT2D eigenvalue weighted by Gasteiger charge is 2.18. The molecule has 138 valence electrons. The number of nitrogens with one attached hydrogen (secondary N) is 2. The number of amides is 2. The average molecular weight is 377 g/mol. The van der Waals surface area contributed by atoms with Crippen LogP contribution in [0.15, 0.2) is 59.8 Å². The summed E-state index contributed by atoms with van der Waals surface area (Å²) in [5, 5.41) is 18.6. The minimum atomic E-state index is -0.580. The highest BCUT2D eigenvalue weighted by atomic mass is 35.5. The first-order valence-electron chi connectivity index (χ1n) is 8.01. The fraction of sp³-hybridized carbons (Fsp3) is 0.222. The molecule has 2 aromatic carbocycles. The zero-order chi connectivity index (χ0) is 18.8. The molecule has 2 rings (SSSR count). The molecule has 2 aromatic rings. The van der Waals surface area contributed by atoms with Gasteiger partial charge in [-0.1, -0.05) is 47.1 Å². The van der Waals surface area contributed by atoms with Crippen molar-refractivity contribution in [3.63, 3.8) is 0 Å². The summed E-state index contributed by atoms with van der Waals surface area (Å²) in [6.45, 7) is -0.152. The maximum absolute atomic E-state index is 12.3. The average Bonchev–Trinajstić information content (AvgIpc) is 2.64. The van der Waals surface area contributed by atoms with Crippen LogP contribution in [0.1, 0.15) is 5.56 Å². The topological polar surface area (TPSA) is 109 Å². The Morgan fingerprint density at radius 1 is 1.19 bits per heavy atom. The predicted molar refractivity (Wildman–Crippen MR) is 102 cm³/mol. The van der Waals surface area contributed by atoms with Crippen LogP contribution in [-0.2, 0) is 11.3 Å². The van der Waals surface area contributed by atoms with Gasteiger partial charge in [0.05, 0.1) is 12.6 Å². The summed E-state index contributed by atoms with van der Waals surface area (Å²) in [5.41, 5.74) is 7.52. The van der Waals surface area contributed by atoms with Gasteiger partial charge in [0.1, 0.15) is 6.61 Å². The number of hydrogen-bond acceptors (Lipinski definition) is 4.